The molecule has 0 aliphatic carbocycles. The quantitative estimate of drug-likeness (QED) is 0.205. The maximum Gasteiger partial charge on any atom is 0.277 e. The summed E-state index contributed by atoms with van der Waals surface area (Å²) in [5, 5.41) is 11.6. The number of halogens is 3. The van der Waals surface area contributed by atoms with Crippen molar-refractivity contribution in [1.82, 2.24) is 10.5 Å². The molecule has 8 nitrogen and oxygen atoms in total. The van der Waals surface area contributed by atoms with Crippen LogP contribution < -0.4 is 15.4 Å². The first-order valence-corrected chi connectivity index (χ1v) is 11.4. The monoisotopic (exact) mass is 525 g/mol. The Morgan fingerprint density at radius 3 is 2.91 bits per heavy atom. The summed E-state index contributed by atoms with van der Waals surface area (Å²) in [7, 11) is 0. The van der Waals surface area contributed by atoms with Gasteiger partial charge in [-0.1, -0.05) is 15.9 Å². The molecule has 11 heteroatoms. The predicted octanol–water partition coefficient (Wildman–Crippen LogP) is 3.46. The van der Waals surface area contributed by atoms with Gasteiger partial charge in [-0.2, -0.15) is 4.39 Å². The predicted molar refractivity (Wildman–Crippen MR) is 120 cm³/mol. The summed E-state index contributed by atoms with van der Waals surface area (Å²) in [6.07, 6.45) is 4.59. The molecule has 1 fully saturated rings. The zero-order chi connectivity index (χ0) is 23.4. The van der Waals surface area contributed by atoms with Gasteiger partial charge in [-0.15, -0.1) is 0 Å². The number of benzene rings is 2. The first kappa shape index (κ1) is 23.6. The number of carbonyl (C=O) groups is 1. The summed E-state index contributed by atoms with van der Waals surface area (Å²) >= 11 is 3.18. The highest BCUT2D eigenvalue weighted by Crippen LogP contribution is 2.31. The van der Waals surface area contributed by atoms with Crippen LogP contribution in [0, 0.1) is 11.6 Å². The van der Waals surface area contributed by atoms with Gasteiger partial charge in [0.15, 0.2) is 11.3 Å². The molecule has 1 amide bonds. The van der Waals surface area contributed by atoms with Gasteiger partial charge in [0.1, 0.15) is 12.4 Å². The molecule has 2 heterocycles. The Balaban J connectivity index is 1.74. The number of fused-ring (bicyclic) bond motifs is 1. The van der Waals surface area contributed by atoms with E-state index in [4.69, 9.17) is 14.7 Å². The number of anilines is 2. The number of hydrogen-bond donors (Lipinski definition) is 4. The number of aliphatic hydroxyl groups is 1. The maximum atomic E-state index is 15.6. The normalized spacial score (nSPS) is 16.2. The topological polar surface area (TPSA) is 99.5 Å². The molecular weight excluding hydrogens is 502 g/mol. The van der Waals surface area contributed by atoms with E-state index in [2.05, 4.69) is 31.7 Å². The molecule has 1 aromatic heterocycles. The van der Waals surface area contributed by atoms with Gasteiger partial charge in [0.2, 0.25) is 11.8 Å². The van der Waals surface area contributed by atoms with E-state index in [0.29, 0.717) is 23.1 Å². The standard InChI is InChI=1S/C22H23BrF2N4O4/c23-13-4-5-17(16(24)9-13)27-20-15(22(31)28-33-8-6-30)10-18-21(19(20)25)26-12-29(18)11-14-3-1-2-7-32-14/h4-5,9-10,12,14,30H,1-3,6-8,11H2,(H2,27,28,31)/p+1. The molecule has 1 atom stereocenters. The zero-order valence-electron chi connectivity index (χ0n) is 17.7. The van der Waals surface area contributed by atoms with Gasteiger partial charge >= 0.3 is 0 Å². The number of hydrogen-bond acceptors (Lipinski definition) is 5. The fourth-order valence-electron chi connectivity index (χ4n) is 3.78. The average molecular weight is 526 g/mol. The van der Waals surface area contributed by atoms with Crippen LogP contribution in [0.5, 0.6) is 0 Å². The minimum absolute atomic E-state index is 0.00295. The molecule has 1 unspecified atom stereocenters. The van der Waals surface area contributed by atoms with Crippen LogP contribution in [-0.2, 0) is 16.1 Å². The molecule has 176 valence electrons. The van der Waals surface area contributed by atoms with Crippen molar-refractivity contribution in [2.75, 3.05) is 25.1 Å². The number of ether oxygens (including phenoxy) is 1. The smallest absolute Gasteiger partial charge is 0.277 e. The lowest BCUT2D eigenvalue weighted by atomic mass is 10.1. The number of carbonyl (C=O) groups excluding carboxylic acids is 1. The molecule has 4 rings (SSSR count). The number of nitrogens with zero attached hydrogens (tertiary/aromatic N) is 1. The van der Waals surface area contributed by atoms with Crippen molar-refractivity contribution in [1.29, 1.82) is 0 Å². The van der Waals surface area contributed by atoms with Gasteiger partial charge in [0.05, 0.1) is 36.3 Å². The van der Waals surface area contributed by atoms with E-state index in [9.17, 15) is 9.18 Å². The van der Waals surface area contributed by atoms with Crippen LogP contribution in [-0.4, -0.2) is 41.9 Å². The number of amides is 1. The van der Waals surface area contributed by atoms with E-state index in [-0.39, 0.29) is 41.8 Å². The first-order chi connectivity index (χ1) is 16.0. The Kier molecular flexibility index (Phi) is 7.53. The lowest BCUT2D eigenvalue weighted by Gasteiger charge is -2.21. The lowest BCUT2D eigenvalue weighted by Crippen LogP contribution is -2.41. The van der Waals surface area contributed by atoms with Crippen LogP contribution in [0.25, 0.3) is 11.0 Å². The summed E-state index contributed by atoms with van der Waals surface area (Å²) in [5.74, 6) is -2.11. The molecular formula is C22H24BrF2N4O4+. The van der Waals surface area contributed by atoms with E-state index < -0.39 is 17.5 Å². The molecule has 1 aliphatic rings. The number of aliphatic hydroxyl groups excluding tert-OH is 1. The Labute approximate surface area is 197 Å². The summed E-state index contributed by atoms with van der Waals surface area (Å²) in [5.41, 5.74) is 2.50. The average Bonchev–Trinajstić information content (AvgIpc) is 3.20. The number of H-pyrrole nitrogens is 1. The second kappa shape index (κ2) is 10.6. The second-order valence-corrected chi connectivity index (χ2v) is 8.59. The number of hydroxylamine groups is 1. The zero-order valence-corrected chi connectivity index (χ0v) is 19.3. The molecule has 33 heavy (non-hydrogen) atoms. The Bertz CT molecular complexity index is 1150. The van der Waals surface area contributed by atoms with Gasteiger partial charge in [-0.3, -0.25) is 9.63 Å². The fraction of sp³-hybridized carbons (Fsp3) is 0.364. The number of nitrogens with one attached hydrogen (secondary N) is 3. The molecule has 0 bridgehead atoms. The summed E-state index contributed by atoms with van der Waals surface area (Å²) in [6.45, 7) is 0.742. The molecule has 1 aliphatic heterocycles. The van der Waals surface area contributed by atoms with E-state index in [1.807, 2.05) is 0 Å². The Hall–Kier alpha value is -2.60. The van der Waals surface area contributed by atoms with E-state index in [0.717, 1.165) is 19.3 Å². The van der Waals surface area contributed by atoms with Crippen molar-refractivity contribution in [3.05, 3.63) is 52.3 Å². The van der Waals surface area contributed by atoms with Gasteiger partial charge < -0.3 is 15.2 Å². The third kappa shape index (κ3) is 5.32. The lowest BCUT2D eigenvalue weighted by molar-refractivity contribution is -0.679. The van der Waals surface area contributed by atoms with Crippen molar-refractivity contribution >= 4 is 44.2 Å². The molecule has 0 radical (unpaired) electrons. The Morgan fingerprint density at radius 2 is 2.18 bits per heavy atom. The van der Waals surface area contributed by atoms with Crippen LogP contribution in [0.4, 0.5) is 20.2 Å². The van der Waals surface area contributed by atoms with E-state index in [1.54, 1.807) is 17.0 Å². The fourth-order valence-corrected chi connectivity index (χ4v) is 4.11. The molecule has 0 spiro atoms. The molecule has 2 aromatic carbocycles. The van der Waals surface area contributed by atoms with Crippen LogP contribution in [0.1, 0.15) is 29.6 Å². The van der Waals surface area contributed by atoms with Crippen LogP contribution >= 0.6 is 15.9 Å². The van der Waals surface area contributed by atoms with Crippen molar-refractivity contribution < 1.29 is 32.8 Å². The summed E-state index contributed by atoms with van der Waals surface area (Å²) in [4.78, 5) is 20.6. The number of rotatable bonds is 8. The number of aromatic amines is 1. The molecule has 4 N–H and O–H groups in total. The van der Waals surface area contributed by atoms with Crippen LogP contribution in [0.15, 0.2) is 35.1 Å². The van der Waals surface area contributed by atoms with Crippen molar-refractivity contribution in [3.8, 4) is 0 Å². The first-order valence-electron chi connectivity index (χ1n) is 10.6. The van der Waals surface area contributed by atoms with E-state index >= 15 is 4.39 Å². The van der Waals surface area contributed by atoms with Crippen molar-refractivity contribution in [3.63, 3.8) is 0 Å². The molecule has 3 aromatic rings. The second-order valence-electron chi connectivity index (χ2n) is 7.67. The minimum atomic E-state index is -0.745. The minimum Gasteiger partial charge on any atom is -0.394 e. The van der Waals surface area contributed by atoms with E-state index in [1.165, 1.54) is 18.2 Å². The highest BCUT2D eigenvalue weighted by molar-refractivity contribution is 9.10. The highest BCUT2D eigenvalue weighted by Gasteiger charge is 2.27. The third-order valence-corrected chi connectivity index (χ3v) is 5.88. The maximum absolute atomic E-state index is 15.6. The Morgan fingerprint density at radius 1 is 1.33 bits per heavy atom. The SMILES string of the molecule is O=C(NOCCO)c1cc2c([nH]c[n+]2CC2CCCCO2)c(F)c1Nc1ccc(Br)cc1F. The van der Waals surface area contributed by atoms with Crippen molar-refractivity contribution in [2.24, 2.45) is 0 Å². The summed E-state index contributed by atoms with van der Waals surface area (Å²) < 4.78 is 38.2. The van der Waals surface area contributed by atoms with Crippen LogP contribution in [0.2, 0.25) is 0 Å². The number of aromatic nitrogens is 2. The van der Waals surface area contributed by atoms with Gasteiger partial charge in [0.25, 0.3) is 5.91 Å². The summed E-state index contributed by atoms with van der Waals surface area (Å²) in [6, 6.07) is 5.77. The van der Waals surface area contributed by atoms with Crippen LogP contribution in [0.3, 0.4) is 0 Å². The highest BCUT2D eigenvalue weighted by atomic mass is 79.9. The van der Waals surface area contributed by atoms with Crippen molar-refractivity contribution in [2.45, 2.75) is 31.9 Å². The molecule has 0 saturated carbocycles. The van der Waals surface area contributed by atoms with Gasteiger partial charge in [0, 0.05) is 17.1 Å². The molecule has 1 saturated heterocycles. The largest absolute Gasteiger partial charge is 0.394 e. The number of imidazole rings is 1. The van der Waals surface area contributed by atoms with Gasteiger partial charge in [-0.05, 0) is 37.5 Å². The third-order valence-electron chi connectivity index (χ3n) is 5.39. The van der Waals surface area contributed by atoms with Gasteiger partial charge in [-0.25, -0.2) is 19.4 Å².